The van der Waals surface area contributed by atoms with Gasteiger partial charge in [0.15, 0.2) is 11.5 Å². The van der Waals surface area contributed by atoms with Crippen molar-refractivity contribution in [1.82, 2.24) is 4.90 Å². The molecule has 5 heteroatoms. The molecule has 0 aliphatic carbocycles. The zero-order valence-corrected chi connectivity index (χ0v) is 16.5. The topological polar surface area (TPSA) is 57.0 Å². The fourth-order valence-corrected chi connectivity index (χ4v) is 3.58. The Morgan fingerprint density at radius 1 is 1.04 bits per heavy atom. The first kappa shape index (κ1) is 19.5. The molecular formula is C22H30N2O3. The van der Waals surface area contributed by atoms with Gasteiger partial charge in [0.2, 0.25) is 5.75 Å². The van der Waals surface area contributed by atoms with Crippen molar-refractivity contribution in [3.05, 3.63) is 53.6 Å². The molecule has 2 aromatic carbocycles. The van der Waals surface area contributed by atoms with E-state index in [4.69, 9.17) is 19.9 Å². The predicted molar refractivity (Wildman–Crippen MR) is 107 cm³/mol. The van der Waals surface area contributed by atoms with Crippen molar-refractivity contribution < 1.29 is 14.2 Å². The Morgan fingerprint density at radius 3 is 2.26 bits per heavy atom. The van der Waals surface area contributed by atoms with Gasteiger partial charge in [-0.3, -0.25) is 4.90 Å². The Kier molecular flexibility index (Phi) is 6.24. The minimum absolute atomic E-state index is 0.215. The minimum atomic E-state index is 0.215. The van der Waals surface area contributed by atoms with Crippen LogP contribution in [0.15, 0.2) is 42.5 Å². The van der Waals surface area contributed by atoms with Crippen molar-refractivity contribution in [1.29, 1.82) is 0 Å². The van der Waals surface area contributed by atoms with E-state index < -0.39 is 0 Å². The lowest BCUT2D eigenvalue weighted by atomic mass is 9.90. The van der Waals surface area contributed by atoms with E-state index in [1.807, 2.05) is 42.5 Å². The smallest absolute Gasteiger partial charge is 0.203 e. The standard InChI is InChI=1S/C22H30N2O3/c1-22(15-23)9-10-24(16-22)13-18-11-19(25-2)21(20(12-18)26-3)27-14-17-7-5-4-6-8-17/h4-8,11-12H,9-10,13-16,23H2,1-3H3. The van der Waals surface area contributed by atoms with Gasteiger partial charge >= 0.3 is 0 Å². The molecule has 146 valence electrons. The highest BCUT2D eigenvalue weighted by atomic mass is 16.5. The third-order valence-corrected chi connectivity index (χ3v) is 5.28. The number of benzene rings is 2. The molecule has 1 heterocycles. The minimum Gasteiger partial charge on any atom is -0.493 e. The predicted octanol–water partition coefficient (Wildman–Crippen LogP) is 3.45. The van der Waals surface area contributed by atoms with Gasteiger partial charge in [0.1, 0.15) is 6.61 Å². The first-order valence-electron chi connectivity index (χ1n) is 9.41. The number of rotatable bonds is 8. The Morgan fingerprint density at radius 2 is 1.70 bits per heavy atom. The van der Waals surface area contributed by atoms with Crippen LogP contribution in [-0.2, 0) is 13.2 Å². The van der Waals surface area contributed by atoms with Gasteiger partial charge in [0, 0.05) is 13.1 Å². The summed E-state index contributed by atoms with van der Waals surface area (Å²) in [6.45, 7) is 6.37. The van der Waals surface area contributed by atoms with Gasteiger partial charge in [0.05, 0.1) is 14.2 Å². The first-order chi connectivity index (χ1) is 13.1. The number of likely N-dealkylation sites (tertiary alicyclic amines) is 1. The lowest BCUT2D eigenvalue weighted by Crippen LogP contribution is -2.31. The van der Waals surface area contributed by atoms with E-state index in [1.165, 1.54) is 0 Å². The number of nitrogens with zero attached hydrogens (tertiary/aromatic N) is 1. The highest BCUT2D eigenvalue weighted by molar-refractivity contribution is 5.54. The number of nitrogens with two attached hydrogens (primary N) is 1. The summed E-state index contributed by atoms with van der Waals surface area (Å²) >= 11 is 0. The maximum atomic E-state index is 6.03. The molecule has 3 rings (SSSR count). The molecule has 2 aromatic rings. The average molecular weight is 370 g/mol. The highest BCUT2D eigenvalue weighted by Gasteiger charge is 2.32. The highest BCUT2D eigenvalue weighted by Crippen LogP contribution is 2.40. The van der Waals surface area contributed by atoms with Crippen LogP contribution in [0.25, 0.3) is 0 Å². The molecule has 0 spiro atoms. The second-order valence-corrected chi connectivity index (χ2v) is 7.58. The van der Waals surface area contributed by atoms with Crippen LogP contribution in [0.3, 0.4) is 0 Å². The van der Waals surface area contributed by atoms with E-state index >= 15 is 0 Å². The summed E-state index contributed by atoms with van der Waals surface area (Å²) in [6.07, 6.45) is 1.13. The SMILES string of the molecule is COc1cc(CN2CCC(C)(CN)C2)cc(OC)c1OCc1ccccc1. The molecule has 0 aromatic heterocycles. The molecule has 1 atom stereocenters. The summed E-state index contributed by atoms with van der Waals surface area (Å²) < 4.78 is 17.2. The van der Waals surface area contributed by atoms with Crippen molar-refractivity contribution >= 4 is 0 Å². The van der Waals surface area contributed by atoms with Crippen molar-refractivity contribution in [2.45, 2.75) is 26.5 Å². The molecule has 1 saturated heterocycles. The fourth-order valence-electron chi connectivity index (χ4n) is 3.58. The van der Waals surface area contributed by atoms with Crippen molar-refractivity contribution in [3.63, 3.8) is 0 Å². The Labute approximate surface area is 162 Å². The summed E-state index contributed by atoms with van der Waals surface area (Å²) in [5.74, 6) is 2.03. The number of hydrogen-bond donors (Lipinski definition) is 1. The lowest BCUT2D eigenvalue weighted by Gasteiger charge is -2.23. The van der Waals surface area contributed by atoms with Crippen LogP contribution < -0.4 is 19.9 Å². The van der Waals surface area contributed by atoms with Crippen LogP contribution in [0, 0.1) is 5.41 Å². The summed E-state index contributed by atoms with van der Waals surface area (Å²) in [5, 5.41) is 0. The van der Waals surface area contributed by atoms with Gasteiger partial charge in [-0.1, -0.05) is 37.3 Å². The van der Waals surface area contributed by atoms with E-state index in [0.29, 0.717) is 23.9 Å². The molecule has 1 unspecified atom stereocenters. The normalized spacial score (nSPS) is 19.9. The van der Waals surface area contributed by atoms with E-state index in [1.54, 1.807) is 14.2 Å². The van der Waals surface area contributed by atoms with Gasteiger partial charge in [-0.15, -0.1) is 0 Å². The summed E-state index contributed by atoms with van der Waals surface area (Å²) in [5.41, 5.74) is 8.40. The molecule has 2 N–H and O–H groups in total. The number of ether oxygens (including phenoxy) is 3. The summed E-state index contributed by atoms with van der Waals surface area (Å²) in [7, 11) is 3.32. The first-order valence-corrected chi connectivity index (χ1v) is 9.41. The third kappa shape index (κ3) is 4.73. The monoisotopic (exact) mass is 370 g/mol. The van der Waals surface area contributed by atoms with Gasteiger partial charge in [-0.05, 0) is 48.2 Å². The maximum Gasteiger partial charge on any atom is 0.203 e. The second-order valence-electron chi connectivity index (χ2n) is 7.58. The van der Waals surface area contributed by atoms with Crippen LogP contribution in [0.5, 0.6) is 17.2 Å². The Bertz CT molecular complexity index is 725. The van der Waals surface area contributed by atoms with E-state index in [-0.39, 0.29) is 5.41 Å². The molecule has 0 bridgehead atoms. The van der Waals surface area contributed by atoms with Gasteiger partial charge in [-0.25, -0.2) is 0 Å². The molecule has 1 aliphatic rings. The molecule has 5 nitrogen and oxygen atoms in total. The summed E-state index contributed by atoms with van der Waals surface area (Å²) in [4.78, 5) is 2.44. The fraction of sp³-hybridized carbons (Fsp3) is 0.455. The lowest BCUT2D eigenvalue weighted by molar-refractivity contribution is 0.261. The molecule has 27 heavy (non-hydrogen) atoms. The largest absolute Gasteiger partial charge is 0.493 e. The van der Waals surface area contributed by atoms with Gasteiger partial charge in [0.25, 0.3) is 0 Å². The van der Waals surface area contributed by atoms with Gasteiger partial charge in [-0.2, -0.15) is 0 Å². The molecular weight excluding hydrogens is 340 g/mol. The maximum absolute atomic E-state index is 6.03. The van der Waals surface area contributed by atoms with Crippen LogP contribution in [0.1, 0.15) is 24.5 Å². The van der Waals surface area contributed by atoms with Crippen LogP contribution in [0.2, 0.25) is 0 Å². The van der Waals surface area contributed by atoms with Crippen molar-refractivity contribution in [2.75, 3.05) is 33.9 Å². The van der Waals surface area contributed by atoms with E-state index in [9.17, 15) is 0 Å². The van der Waals surface area contributed by atoms with Crippen LogP contribution in [-0.4, -0.2) is 38.8 Å². The van der Waals surface area contributed by atoms with Crippen LogP contribution >= 0.6 is 0 Å². The average Bonchev–Trinajstić information content (AvgIpc) is 3.08. The zero-order valence-electron chi connectivity index (χ0n) is 16.5. The molecule has 1 aliphatic heterocycles. The van der Waals surface area contributed by atoms with Crippen molar-refractivity contribution in [3.8, 4) is 17.2 Å². The van der Waals surface area contributed by atoms with Crippen LogP contribution in [0.4, 0.5) is 0 Å². The quantitative estimate of drug-likeness (QED) is 0.771. The Balaban J connectivity index is 1.76. The zero-order chi connectivity index (χ0) is 19.3. The number of hydrogen-bond acceptors (Lipinski definition) is 5. The third-order valence-electron chi connectivity index (χ3n) is 5.28. The molecule has 1 fully saturated rings. The molecule has 0 saturated carbocycles. The van der Waals surface area contributed by atoms with E-state index in [0.717, 1.165) is 43.7 Å². The second kappa shape index (κ2) is 8.63. The summed E-state index contributed by atoms with van der Waals surface area (Å²) in [6, 6.07) is 14.2. The number of methoxy groups -OCH3 is 2. The molecule has 0 radical (unpaired) electrons. The Hall–Kier alpha value is -2.24. The van der Waals surface area contributed by atoms with Gasteiger partial charge < -0.3 is 19.9 Å². The van der Waals surface area contributed by atoms with Crippen molar-refractivity contribution in [2.24, 2.45) is 11.1 Å². The molecule has 0 amide bonds. The van der Waals surface area contributed by atoms with E-state index in [2.05, 4.69) is 11.8 Å².